The molecule has 6 N–H and O–H groups in total. The predicted octanol–water partition coefficient (Wildman–Crippen LogP) is 4.36. The largest absolute Gasteiger partial charge is 0.476 e. The van der Waals surface area contributed by atoms with Gasteiger partial charge in [0.1, 0.15) is 6.04 Å². The number of nitrogens with zero attached hydrogens (tertiary/aromatic N) is 4. The molecule has 2 aromatic heterocycles. The number of para-hydroxylation sites is 4. The van der Waals surface area contributed by atoms with Gasteiger partial charge in [-0.2, -0.15) is 10.2 Å². The Morgan fingerprint density at radius 2 is 1.08 bits per heavy atom. The normalized spacial score (nSPS) is 15.4. The molecule has 59 heavy (non-hydrogen) atoms. The minimum absolute atomic E-state index is 0.0787. The van der Waals surface area contributed by atoms with Crippen LogP contribution in [0.25, 0.3) is 11.4 Å². The summed E-state index contributed by atoms with van der Waals surface area (Å²) in [5.41, 5.74) is 10.4. The molecular formula is C44H42N8O7. The van der Waals surface area contributed by atoms with E-state index >= 15 is 0 Å². The van der Waals surface area contributed by atoms with Crippen molar-refractivity contribution < 1.29 is 24.3 Å². The Hall–Kier alpha value is -7.52. The Balaban J connectivity index is 0.000000165. The van der Waals surface area contributed by atoms with E-state index in [1.54, 1.807) is 30.7 Å². The molecule has 15 nitrogen and oxygen atoms in total. The first-order valence-corrected chi connectivity index (χ1v) is 18.8. The summed E-state index contributed by atoms with van der Waals surface area (Å²) in [5.74, 6) is -2.37. The van der Waals surface area contributed by atoms with Crippen molar-refractivity contribution in [2.75, 3.05) is 10.6 Å². The van der Waals surface area contributed by atoms with Gasteiger partial charge in [-0.1, -0.05) is 72.8 Å². The van der Waals surface area contributed by atoms with E-state index in [4.69, 9.17) is 10.8 Å². The van der Waals surface area contributed by atoms with Crippen molar-refractivity contribution in [3.63, 3.8) is 0 Å². The lowest BCUT2D eigenvalue weighted by atomic mass is 10.1. The van der Waals surface area contributed by atoms with Gasteiger partial charge in [0.25, 0.3) is 5.91 Å². The summed E-state index contributed by atoms with van der Waals surface area (Å²) in [5, 5.41) is 25.3. The Morgan fingerprint density at radius 1 is 0.644 bits per heavy atom. The van der Waals surface area contributed by atoms with Crippen LogP contribution in [-0.2, 0) is 22.4 Å². The Kier molecular flexibility index (Phi) is 13.0. The lowest BCUT2D eigenvalue weighted by molar-refractivity contribution is -0.118. The van der Waals surface area contributed by atoms with Gasteiger partial charge in [0, 0.05) is 34.9 Å². The van der Waals surface area contributed by atoms with Crippen molar-refractivity contribution >= 4 is 35.1 Å². The topological polar surface area (TPSA) is 220 Å². The molecule has 0 spiro atoms. The van der Waals surface area contributed by atoms with E-state index in [0.717, 1.165) is 35.5 Å². The van der Waals surface area contributed by atoms with Crippen LogP contribution in [0.5, 0.6) is 0 Å². The maximum Gasteiger partial charge on any atom is 0.360 e. The van der Waals surface area contributed by atoms with Gasteiger partial charge in [-0.25, -0.2) is 14.2 Å². The summed E-state index contributed by atoms with van der Waals surface area (Å²) < 4.78 is 2.98. The molecular weight excluding hydrogens is 753 g/mol. The second kappa shape index (κ2) is 18.6. The Labute approximate surface area is 338 Å². The average molecular weight is 795 g/mol. The number of rotatable bonds is 5. The van der Waals surface area contributed by atoms with Crippen LogP contribution in [0, 0.1) is 13.8 Å². The van der Waals surface area contributed by atoms with Crippen molar-refractivity contribution in [1.82, 2.24) is 24.9 Å². The van der Waals surface area contributed by atoms with Crippen LogP contribution < -0.4 is 32.5 Å². The minimum Gasteiger partial charge on any atom is -0.476 e. The molecule has 3 amide bonds. The SMILES string of the molecule is Cc1cc(=O)c(C(=O)NC2CCc3ccccc3NC2=O)nn1-c1ccccc1.Cc1cc(=O)c(C(=O)O)nn1-c1ccccc1.NC1CCc2ccccc2NC1=O. The predicted molar refractivity (Wildman–Crippen MR) is 222 cm³/mol. The van der Waals surface area contributed by atoms with E-state index in [-0.39, 0.29) is 23.6 Å². The second-order valence-electron chi connectivity index (χ2n) is 13.8. The van der Waals surface area contributed by atoms with Crippen LogP contribution in [0.4, 0.5) is 11.4 Å². The van der Waals surface area contributed by atoms with Crippen LogP contribution in [0.3, 0.4) is 0 Å². The first-order valence-electron chi connectivity index (χ1n) is 18.8. The van der Waals surface area contributed by atoms with Crippen molar-refractivity contribution in [2.45, 2.75) is 51.6 Å². The van der Waals surface area contributed by atoms with Crippen LogP contribution >= 0.6 is 0 Å². The highest BCUT2D eigenvalue weighted by atomic mass is 16.4. The first-order chi connectivity index (χ1) is 28.4. The van der Waals surface area contributed by atoms with E-state index in [2.05, 4.69) is 26.1 Å². The molecule has 2 aliphatic heterocycles. The third-order valence-electron chi connectivity index (χ3n) is 9.57. The van der Waals surface area contributed by atoms with Gasteiger partial charge in [0.2, 0.25) is 28.4 Å². The number of carboxylic acids is 1. The molecule has 0 saturated heterocycles. The zero-order valence-corrected chi connectivity index (χ0v) is 32.3. The number of carbonyl (C=O) groups excluding carboxylic acids is 3. The van der Waals surface area contributed by atoms with Gasteiger partial charge in [-0.3, -0.25) is 24.0 Å². The van der Waals surface area contributed by atoms with Gasteiger partial charge >= 0.3 is 5.97 Å². The third kappa shape index (κ3) is 10.1. The van der Waals surface area contributed by atoms with Crippen molar-refractivity contribution in [2.24, 2.45) is 5.73 Å². The molecule has 300 valence electrons. The van der Waals surface area contributed by atoms with E-state index in [0.29, 0.717) is 29.9 Å². The Morgan fingerprint density at radius 3 is 1.61 bits per heavy atom. The van der Waals surface area contributed by atoms with Gasteiger partial charge in [0.05, 0.1) is 17.4 Å². The smallest absolute Gasteiger partial charge is 0.360 e. The fourth-order valence-corrected chi connectivity index (χ4v) is 6.46. The fourth-order valence-electron chi connectivity index (χ4n) is 6.46. The molecule has 0 radical (unpaired) electrons. The highest BCUT2D eigenvalue weighted by Crippen LogP contribution is 2.22. The molecule has 6 aromatic rings. The monoisotopic (exact) mass is 794 g/mol. The molecule has 2 unspecified atom stereocenters. The number of anilines is 2. The van der Waals surface area contributed by atoms with Gasteiger partial charge < -0.3 is 26.8 Å². The highest BCUT2D eigenvalue weighted by Gasteiger charge is 2.27. The van der Waals surface area contributed by atoms with Crippen LogP contribution in [0.1, 0.15) is 56.3 Å². The number of aromatic carboxylic acids is 1. The molecule has 0 bridgehead atoms. The van der Waals surface area contributed by atoms with Crippen molar-refractivity contribution in [1.29, 1.82) is 0 Å². The number of hydrogen-bond donors (Lipinski definition) is 5. The number of carbonyl (C=O) groups is 4. The summed E-state index contributed by atoms with van der Waals surface area (Å²) in [7, 11) is 0. The number of aromatic nitrogens is 4. The maximum absolute atomic E-state index is 12.8. The quantitative estimate of drug-likeness (QED) is 0.166. The molecule has 4 aromatic carbocycles. The second-order valence-corrected chi connectivity index (χ2v) is 13.8. The zero-order chi connectivity index (χ0) is 42.1. The molecule has 0 saturated carbocycles. The summed E-state index contributed by atoms with van der Waals surface area (Å²) >= 11 is 0. The lowest BCUT2D eigenvalue weighted by Gasteiger charge is -2.16. The molecule has 2 atom stereocenters. The van der Waals surface area contributed by atoms with Crippen LogP contribution in [0.2, 0.25) is 0 Å². The maximum atomic E-state index is 12.8. The number of amides is 3. The van der Waals surface area contributed by atoms with Gasteiger partial charge in [-0.15, -0.1) is 0 Å². The molecule has 0 fully saturated rings. The average Bonchev–Trinajstić information content (AvgIpc) is 3.48. The lowest BCUT2D eigenvalue weighted by Crippen LogP contribution is -2.45. The summed E-state index contributed by atoms with van der Waals surface area (Å²) in [6.07, 6.45) is 2.67. The van der Waals surface area contributed by atoms with Gasteiger partial charge in [0.15, 0.2) is 5.69 Å². The number of hydrogen-bond acceptors (Lipinski definition) is 9. The highest BCUT2D eigenvalue weighted by molar-refractivity contribution is 6.01. The van der Waals surface area contributed by atoms with Crippen LogP contribution in [-0.4, -0.2) is 60.4 Å². The zero-order valence-electron chi connectivity index (χ0n) is 32.3. The standard InChI is InChI=1S/C22H20N4O3.C12H10N2O3.C10H12N2O/c1-14-13-19(27)20(25-26(14)16-8-3-2-4-9-16)22(29)24-18-12-11-15-7-5-6-10-17(15)23-21(18)28;1-8-7-10(15)11(12(16)17)13-14(8)9-5-3-2-4-6-9;11-8-6-5-7-3-1-2-4-9(7)12-10(8)13/h2-10,13,18H,11-12H2,1H3,(H,23,28)(H,24,29);2-7H,1H3,(H,16,17);1-4,8H,5-6,11H2,(H,12,13). The van der Waals surface area contributed by atoms with E-state index in [1.165, 1.54) is 22.4 Å². The number of nitrogens with two attached hydrogens (primary N) is 1. The molecule has 4 heterocycles. The number of carboxylic acid groups (broad SMARTS) is 1. The van der Waals surface area contributed by atoms with Crippen molar-refractivity contribution in [3.8, 4) is 11.4 Å². The first kappa shape index (κ1) is 41.1. The molecule has 2 aliphatic rings. The summed E-state index contributed by atoms with van der Waals surface area (Å²) in [6.45, 7) is 3.45. The van der Waals surface area contributed by atoms with E-state index in [1.807, 2.05) is 97.1 Å². The van der Waals surface area contributed by atoms with Gasteiger partial charge in [-0.05, 0) is 87.1 Å². The van der Waals surface area contributed by atoms with Crippen LogP contribution in [0.15, 0.2) is 131 Å². The molecule has 8 rings (SSSR count). The number of nitrogens with one attached hydrogen (secondary N) is 3. The fraction of sp³-hybridized carbons (Fsp3) is 0.182. The van der Waals surface area contributed by atoms with E-state index < -0.39 is 34.5 Å². The summed E-state index contributed by atoms with van der Waals surface area (Å²) in [6, 6.07) is 35.2. The number of aryl methyl sites for hydroxylation is 4. The molecule has 15 heteroatoms. The van der Waals surface area contributed by atoms with E-state index in [9.17, 15) is 28.8 Å². The third-order valence-corrected chi connectivity index (χ3v) is 9.57. The Bertz CT molecular complexity index is 2630. The van der Waals surface area contributed by atoms with Crippen molar-refractivity contribution in [3.05, 3.63) is 176 Å². The number of benzene rings is 4. The number of fused-ring (bicyclic) bond motifs is 2. The minimum atomic E-state index is -1.32. The summed E-state index contributed by atoms with van der Waals surface area (Å²) in [4.78, 5) is 71.3. The molecule has 0 aliphatic carbocycles.